The van der Waals surface area contributed by atoms with Gasteiger partial charge in [-0.2, -0.15) is 0 Å². The Morgan fingerprint density at radius 3 is 2.41 bits per heavy atom. The van der Waals surface area contributed by atoms with Gasteiger partial charge in [0.1, 0.15) is 5.75 Å². The average molecular weight is 475 g/mol. The summed E-state index contributed by atoms with van der Waals surface area (Å²) >= 11 is 0. The van der Waals surface area contributed by atoms with Gasteiger partial charge < -0.3 is 19.5 Å². The molecule has 2 heterocycles. The number of anilines is 1. The minimum absolute atomic E-state index is 0.0584. The van der Waals surface area contributed by atoms with Gasteiger partial charge in [-0.15, -0.1) is 13.2 Å². The molecule has 0 bridgehead atoms. The summed E-state index contributed by atoms with van der Waals surface area (Å²) in [6.45, 7) is 2.86. The highest BCUT2D eigenvalue weighted by molar-refractivity contribution is 5.92. The second-order valence-corrected chi connectivity index (χ2v) is 7.95. The minimum atomic E-state index is -4.76. The number of nitrogens with zero attached hydrogens (tertiary/aromatic N) is 4. The van der Waals surface area contributed by atoms with E-state index in [4.69, 9.17) is 0 Å². The smallest absolute Gasteiger partial charge is 0.406 e. The highest BCUT2D eigenvalue weighted by Crippen LogP contribution is 2.24. The number of para-hydroxylation sites is 2. The lowest BCUT2D eigenvalue weighted by molar-refractivity contribution is -0.274. The summed E-state index contributed by atoms with van der Waals surface area (Å²) in [7, 11) is 0. The standard InChI is InChI=1S/C23H24F3N5O3/c24-23(25,26)34-18-7-5-17(6-8-18)28-21(32)15-29-11-13-30(14-12-29)22(33)9-10-31-16-27-19-3-1-2-4-20(19)31/h1-8,16H,9-15H2,(H,28,32). The molecule has 180 valence electrons. The molecule has 0 saturated carbocycles. The molecule has 8 nitrogen and oxygen atoms in total. The number of alkyl halides is 3. The van der Waals surface area contributed by atoms with E-state index >= 15 is 0 Å². The maximum Gasteiger partial charge on any atom is 0.573 e. The van der Waals surface area contributed by atoms with Crippen molar-refractivity contribution in [3.8, 4) is 5.75 Å². The minimum Gasteiger partial charge on any atom is -0.406 e. The van der Waals surface area contributed by atoms with Gasteiger partial charge in [-0.3, -0.25) is 14.5 Å². The number of halogens is 3. The number of ether oxygens (including phenoxy) is 1. The first-order valence-electron chi connectivity index (χ1n) is 10.8. The second kappa shape index (κ2) is 10.1. The lowest BCUT2D eigenvalue weighted by Crippen LogP contribution is -2.50. The summed E-state index contributed by atoms with van der Waals surface area (Å²) in [6, 6.07) is 12.7. The summed E-state index contributed by atoms with van der Waals surface area (Å²) in [5.41, 5.74) is 2.27. The van der Waals surface area contributed by atoms with E-state index in [1.165, 1.54) is 12.1 Å². The van der Waals surface area contributed by atoms with Crippen LogP contribution in [0.2, 0.25) is 0 Å². The molecular weight excluding hydrogens is 451 g/mol. The Morgan fingerprint density at radius 2 is 1.71 bits per heavy atom. The highest BCUT2D eigenvalue weighted by Gasteiger charge is 2.31. The van der Waals surface area contributed by atoms with Gasteiger partial charge in [0.15, 0.2) is 0 Å². The number of aryl methyl sites for hydroxylation is 1. The summed E-state index contributed by atoms with van der Waals surface area (Å²) in [4.78, 5) is 33.0. The molecule has 0 unspecified atom stereocenters. The zero-order chi connectivity index (χ0) is 24.1. The van der Waals surface area contributed by atoms with Crippen LogP contribution >= 0.6 is 0 Å². The number of hydrogen-bond acceptors (Lipinski definition) is 5. The third-order valence-electron chi connectivity index (χ3n) is 5.56. The lowest BCUT2D eigenvalue weighted by atomic mass is 10.2. The number of aromatic nitrogens is 2. The van der Waals surface area contributed by atoms with E-state index in [9.17, 15) is 22.8 Å². The molecule has 1 aliphatic heterocycles. The van der Waals surface area contributed by atoms with Gasteiger partial charge >= 0.3 is 6.36 Å². The number of carbonyl (C=O) groups excluding carboxylic acids is 2. The van der Waals surface area contributed by atoms with Crippen molar-refractivity contribution in [1.29, 1.82) is 0 Å². The van der Waals surface area contributed by atoms with E-state index in [1.54, 1.807) is 11.2 Å². The fraction of sp³-hybridized carbons (Fsp3) is 0.348. The lowest BCUT2D eigenvalue weighted by Gasteiger charge is -2.34. The summed E-state index contributed by atoms with van der Waals surface area (Å²) in [6.07, 6.45) is -2.65. The molecule has 1 fully saturated rings. The van der Waals surface area contributed by atoms with Crippen LogP contribution in [-0.2, 0) is 16.1 Å². The number of amides is 2. The van der Waals surface area contributed by atoms with Gasteiger partial charge in [0, 0.05) is 44.8 Å². The molecule has 1 aliphatic rings. The number of hydrogen-bond donors (Lipinski definition) is 1. The molecule has 2 aromatic carbocycles. The topological polar surface area (TPSA) is 79.7 Å². The molecule has 3 aromatic rings. The van der Waals surface area contributed by atoms with Crippen LogP contribution in [0.4, 0.5) is 18.9 Å². The van der Waals surface area contributed by atoms with E-state index in [1.807, 2.05) is 33.7 Å². The van der Waals surface area contributed by atoms with Crippen LogP contribution in [0.3, 0.4) is 0 Å². The van der Waals surface area contributed by atoms with Crippen LogP contribution in [-0.4, -0.2) is 70.3 Å². The van der Waals surface area contributed by atoms with Gasteiger partial charge in [0.25, 0.3) is 0 Å². The Labute approximate surface area is 193 Å². The van der Waals surface area contributed by atoms with Crippen molar-refractivity contribution in [1.82, 2.24) is 19.4 Å². The van der Waals surface area contributed by atoms with Gasteiger partial charge in [0.05, 0.1) is 23.9 Å². The van der Waals surface area contributed by atoms with Gasteiger partial charge in [0.2, 0.25) is 11.8 Å². The molecule has 1 saturated heterocycles. The van der Waals surface area contributed by atoms with Crippen molar-refractivity contribution >= 4 is 28.5 Å². The molecule has 4 rings (SSSR count). The van der Waals surface area contributed by atoms with Crippen LogP contribution in [0.25, 0.3) is 11.0 Å². The Kier molecular flexibility index (Phi) is 7.01. The Balaban J connectivity index is 1.19. The SMILES string of the molecule is O=C(CN1CCN(C(=O)CCn2cnc3ccccc32)CC1)Nc1ccc(OC(F)(F)F)cc1. The fourth-order valence-corrected chi connectivity index (χ4v) is 3.86. The number of benzene rings is 2. The summed E-state index contributed by atoms with van der Waals surface area (Å²) in [5, 5.41) is 2.66. The molecule has 0 spiro atoms. The molecule has 34 heavy (non-hydrogen) atoms. The number of carbonyl (C=O) groups is 2. The van der Waals surface area contributed by atoms with Crippen molar-refractivity contribution in [2.24, 2.45) is 0 Å². The van der Waals surface area contributed by atoms with Crippen molar-refractivity contribution in [2.45, 2.75) is 19.3 Å². The first kappa shape index (κ1) is 23.6. The molecule has 11 heteroatoms. The molecule has 0 atom stereocenters. The second-order valence-electron chi connectivity index (χ2n) is 7.95. The number of rotatable bonds is 7. The normalized spacial score (nSPS) is 14.9. The van der Waals surface area contributed by atoms with Crippen molar-refractivity contribution in [3.05, 3.63) is 54.9 Å². The Bertz CT molecular complexity index is 1140. The van der Waals surface area contributed by atoms with E-state index in [0.717, 1.165) is 23.2 Å². The molecule has 1 aromatic heterocycles. The largest absolute Gasteiger partial charge is 0.573 e. The van der Waals surface area contributed by atoms with E-state index < -0.39 is 6.36 Å². The third kappa shape index (κ3) is 6.25. The monoisotopic (exact) mass is 475 g/mol. The zero-order valence-electron chi connectivity index (χ0n) is 18.3. The van der Waals surface area contributed by atoms with Crippen LogP contribution < -0.4 is 10.1 Å². The third-order valence-corrected chi connectivity index (χ3v) is 5.56. The van der Waals surface area contributed by atoms with Gasteiger partial charge in [-0.25, -0.2) is 4.98 Å². The van der Waals surface area contributed by atoms with E-state index in [0.29, 0.717) is 44.8 Å². The molecule has 1 N–H and O–H groups in total. The van der Waals surface area contributed by atoms with Gasteiger partial charge in [-0.05, 0) is 36.4 Å². The summed E-state index contributed by atoms with van der Waals surface area (Å²) < 4.78 is 42.5. The predicted molar refractivity (Wildman–Crippen MR) is 119 cm³/mol. The molecule has 0 aliphatic carbocycles. The number of nitrogens with one attached hydrogen (secondary N) is 1. The maximum atomic E-state index is 12.6. The Hall–Kier alpha value is -3.60. The first-order valence-corrected chi connectivity index (χ1v) is 10.8. The number of piperazine rings is 1. The van der Waals surface area contributed by atoms with Crippen LogP contribution in [0.5, 0.6) is 5.75 Å². The van der Waals surface area contributed by atoms with Crippen LogP contribution in [0, 0.1) is 0 Å². The van der Waals surface area contributed by atoms with E-state index in [2.05, 4.69) is 15.0 Å². The number of fused-ring (bicyclic) bond motifs is 1. The molecule has 0 radical (unpaired) electrons. The molecule has 2 amide bonds. The van der Waals surface area contributed by atoms with Gasteiger partial charge in [-0.1, -0.05) is 12.1 Å². The van der Waals surface area contributed by atoms with Crippen molar-refractivity contribution < 1.29 is 27.5 Å². The average Bonchev–Trinajstić information content (AvgIpc) is 3.21. The van der Waals surface area contributed by atoms with Crippen LogP contribution in [0.15, 0.2) is 54.9 Å². The first-order chi connectivity index (χ1) is 16.3. The van der Waals surface area contributed by atoms with Crippen LogP contribution in [0.1, 0.15) is 6.42 Å². The van der Waals surface area contributed by atoms with E-state index in [-0.39, 0.29) is 24.1 Å². The highest BCUT2D eigenvalue weighted by atomic mass is 19.4. The summed E-state index contributed by atoms with van der Waals surface area (Å²) in [5.74, 6) is -0.577. The van der Waals surface area contributed by atoms with Crippen molar-refractivity contribution in [2.75, 3.05) is 38.0 Å². The predicted octanol–water partition coefficient (Wildman–Crippen LogP) is 3.11. The fourth-order valence-electron chi connectivity index (χ4n) is 3.86. The Morgan fingerprint density at radius 1 is 1.00 bits per heavy atom. The quantitative estimate of drug-likeness (QED) is 0.568. The number of imidazole rings is 1. The molecular formula is C23H24F3N5O3. The zero-order valence-corrected chi connectivity index (χ0v) is 18.3. The van der Waals surface area contributed by atoms with Crippen molar-refractivity contribution in [3.63, 3.8) is 0 Å². The maximum absolute atomic E-state index is 12.6.